The molecule has 84 valence electrons. The van der Waals surface area contributed by atoms with Crippen molar-refractivity contribution in [1.29, 1.82) is 0 Å². The Morgan fingerprint density at radius 1 is 1.50 bits per heavy atom. The lowest BCUT2D eigenvalue weighted by molar-refractivity contribution is -0.136. The summed E-state index contributed by atoms with van der Waals surface area (Å²) in [5.41, 5.74) is 0.742. The molecule has 4 heteroatoms. The van der Waals surface area contributed by atoms with Crippen LogP contribution in [-0.4, -0.2) is 16.4 Å². The fourth-order valence-corrected chi connectivity index (χ4v) is 1.35. The van der Waals surface area contributed by atoms with Crippen LogP contribution in [0.15, 0.2) is 18.2 Å². The second-order valence-electron chi connectivity index (χ2n) is 3.13. The van der Waals surface area contributed by atoms with E-state index in [0.717, 1.165) is 5.33 Å². The molecule has 0 radical (unpaired) electrons. The molecule has 0 spiro atoms. The molecule has 1 rings (SSSR count). The van der Waals surface area contributed by atoms with E-state index in [1.807, 2.05) is 0 Å². The van der Waals surface area contributed by atoms with Crippen LogP contribution in [0.1, 0.15) is 17.5 Å². The summed E-state index contributed by atoms with van der Waals surface area (Å²) in [5, 5.41) is 9.29. The van der Waals surface area contributed by atoms with Gasteiger partial charge in [-0.2, -0.15) is 0 Å². The molecular weight excluding hydrogens is 275 g/mol. The summed E-state index contributed by atoms with van der Waals surface area (Å²) in [7, 11) is 0. The Kier molecular flexibility index (Phi) is 5.00. The van der Waals surface area contributed by atoms with Crippen molar-refractivity contribution in [3.05, 3.63) is 35.1 Å². The van der Waals surface area contributed by atoms with Crippen LogP contribution in [-0.2, 0) is 11.2 Å². The number of rotatable bonds is 3. The molecule has 0 amide bonds. The van der Waals surface area contributed by atoms with E-state index < -0.39 is 11.8 Å². The minimum absolute atomic E-state index is 0.175. The number of halogens is 2. The van der Waals surface area contributed by atoms with Gasteiger partial charge in [-0.1, -0.05) is 33.8 Å². The number of hydrogen-bond acceptors (Lipinski definition) is 1. The first kappa shape index (κ1) is 12.7. The predicted octanol–water partition coefficient (Wildman–Crippen LogP) is 2.59. The molecule has 0 saturated carbocycles. The smallest absolute Gasteiger partial charge is 0.307 e. The van der Waals surface area contributed by atoms with Crippen molar-refractivity contribution >= 4 is 21.9 Å². The van der Waals surface area contributed by atoms with Crippen LogP contribution >= 0.6 is 15.9 Å². The lowest BCUT2D eigenvalue weighted by atomic mass is 10.1. The van der Waals surface area contributed by atoms with E-state index in [1.54, 1.807) is 6.07 Å². The topological polar surface area (TPSA) is 37.3 Å². The SMILES string of the molecule is O=C(O)Cc1ccc(C#CCCBr)c(F)c1. The van der Waals surface area contributed by atoms with Crippen LogP contribution in [0.4, 0.5) is 4.39 Å². The maximum Gasteiger partial charge on any atom is 0.307 e. The number of carboxylic acids is 1. The Morgan fingerprint density at radius 2 is 2.25 bits per heavy atom. The molecule has 0 saturated heterocycles. The molecule has 1 N–H and O–H groups in total. The first-order valence-electron chi connectivity index (χ1n) is 4.68. The first-order valence-corrected chi connectivity index (χ1v) is 5.80. The number of aliphatic carboxylic acids is 1. The fourth-order valence-electron chi connectivity index (χ4n) is 1.15. The zero-order valence-electron chi connectivity index (χ0n) is 8.46. The molecule has 1 aromatic rings. The lowest BCUT2D eigenvalue weighted by Crippen LogP contribution is -2.00. The fraction of sp³-hybridized carbons (Fsp3) is 0.250. The van der Waals surface area contributed by atoms with Gasteiger partial charge in [0.15, 0.2) is 0 Å². The zero-order valence-corrected chi connectivity index (χ0v) is 10.1. The summed E-state index contributed by atoms with van der Waals surface area (Å²) in [4.78, 5) is 10.4. The second-order valence-corrected chi connectivity index (χ2v) is 3.92. The molecule has 0 fully saturated rings. The summed E-state index contributed by atoms with van der Waals surface area (Å²) in [5.74, 6) is 4.05. The van der Waals surface area contributed by atoms with Crippen LogP contribution in [0.2, 0.25) is 0 Å². The van der Waals surface area contributed by atoms with E-state index in [9.17, 15) is 9.18 Å². The molecular formula is C12H10BrFO2. The van der Waals surface area contributed by atoms with Crippen molar-refractivity contribution in [2.75, 3.05) is 5.33 Å². The van der Waals surface area contributed by atoms with Crippen LogP contribution < -0.4 is 0 Å². The Hall–Kier alpha value is -1.34. The van der Waals surface area contributed by atoms with Gasteiger partial charge in [-0.3, -0.25) is 4.79 Å². The first-order chi connectivity index (χ1) is 7.63. The van der Waals surface area contributed by atoms with E-state index in [1.165, 1.54) is 12.1 Å². The summed E-state index contributed by atoms with van der Waals surface area (Å²) in [6.07, 6.45) is 0.475. The number of alkyl halides is 1. The van der Waals surface area contributed by atoms with Crippen molar-refractivity contribution in [3.8, 4) is 11.8 Å². The van der Waals surface area contributed by atoms with E-state index in [2.05, 4.69) is 27.8 Å². The maximum atomic E-state index is 13.4. The standard InChI is InChI=1S/C12H10BrFO2/c13-6-2-1-3-10-5-4-9(7-11(10)14)8-12(15)16/h4-5,7H,2,6,8H2,(H,15,16). The summed E-state index contributed by atoms with van der Waals surface area (Å²) in [6, 6.07) is 4.30. The monoisotopic (exact) mass is 284 g/mol. The van der Waals surface area contributed by atoms with Gasteiger partial charge in [0.1, 0.15) is 5.82 Å². The van der Waals surface area contributed by atoms with Crippen LogP contribution in [0, 0.1) is 17.7 Å². The van der Waals surface area contributed by atoms with Crippen molar-refractivity contribution in [2.24, 2.45) is 0 Å². The van der Waals surface area contributed by atoms with Gasteiger partial charge in [0.2, 0.25) is 0 Å². The van der Waals surface area contributed by atoms with Crippen LogP contribution in [0.3, 0.4) is 0 Å². The molecule has 0 aliphatic heterocycles. The largest absolute Gasteiger partial charge is 0.481 e. The number of benzene rings is 1. The molecule has 0 bridgehead atoms. The van der Waals surface area contributed by atoms with E-state index in [-0.39, 0.29) is 6.42 Å². The summed E-state index contributed by atoms with van der Waals surface area (Å²) in [6.45, 7) is 0. The molecule has 2 nitrogen and oxygen atoms in total. The summed E-state index contributed by atoms with van der Waals surface area (Å²) >= 11 is 3.22. The quantitative estimate of drug-likeness (QED) is 0.684. The van der Waals surface area contributed by atoms with Gasteiger partial charge in [-0.15, -0.1) is 0 Å². The third-order valence-electron chi connectivity index (χ3n) is 1.83. The van der Waals surface area contributed by atoms with Gasteiger partial charge in [0, 0.05) is 11.8 Å². The van der Waals surface area contributed by atoms with Gasteiger partial charge in [0.05, 0.1) is 12.0 Å². The molecule has 0 unspecified atom stereocenters. The highest BCUT2D eigenvalue weighted by Gasteiger charge is 2.04. The molecule has 0 aliphatic rings. The second kappa shape index (κ2) is 6.29. The number of carbonyl (C=O) groups is 1. The highest BCUT2D eigenvalue weighted by molar-refractivity contribution is 9.09. The third-order valence-corrected chi connectivity index (χ3v) is 2.23. The maximum absolute atomic E-state index is 13.4. The normalized spacial score (nSPS) is 9.38. The molecule has 0 heterocycles. The molecule has 0 atom stereocenters. The Morgan fingerprint density at radius 3 is 2.81 bits per heavy atom. The van der Waals surface area contributed by atoms with Crippen molar-refractivity contribution < 1.29 is 14.3 Å². The molecule has 1 aromatic carbocycles. The predicted molar refractivity (Wildman–Crippen MR) is 63.0 cm³/mol. The number of carboxylic acid groups (broad SMARTS) is 1. The zero-order chi connectivity index (χ0) is 12.0. The molecule has 0 aliphatic carbocycles. The van der Waals surface area contributed by atoms with Crippen LogP contribution in [0.25, 0.3) is 0 Å². The highest BCUT2D eigenvalue weighted by Crippen LogP contribution is 2.10. The van der Waals surface area contributed by atoms with E-state index >= 15 is 0 Å². The van der Waals surface area contributed by atoms with Gasteiger partial charge >= 0.3 is 5.97 Å². The van der Waals surface area contributed by atoms with Crippen molar-refractivity contribution in [1.82, 2.24) is 0 Å². The highest BCUT2D eigenvalue weighted by atomic mass is 79.9. The van der Waals surface area contributed by atoms with Crippen molar-refractivity contribution in [2.45, 2.75) is 12.8 Å². The number of hydrogen-bond donors (Lipinski definition) is 1. The minimum Gasteiger partial charge on any atom is -0.481 e. The Bertz CT molecular complexity index is 446. The lowest BCUT2D eigenvalue weighted by Gasteiger charge is -1.99. The third kappa shape index (κ3) is 4.03. The average Bonchev–Trinajstić information content (AvgIpc) is 2.20. The minimum atomic E-state index is -0.975. The average molecular weight is 285 g/mol. The van der Waals surface area contributed by atoms with Gasteiger partial charge in [-0.25, -0.2) is 4.39 Å². The van der Waals surface area contributed by atoms with Gasteiger partial charge in [-0.05, 0) is 17.7 Å². The molecule has 0 aromatic heterocycles. The van der Waals surface area contributed by atoms with Crippen molar-refractivity contribution in [3.63, 3.8) is 0 Å². The van der Waals surface area contributed by atoms with Gasteiger partial charge < -0.3 is 5.11 Å². The Labute approximate surface area is 102 Å². The Balaban J connectivity index is 2.84. The summed E-state index contributed by atoms with van der Waals surface area (Å²) < 4.78 is 13.4. The van der Waals surface area contributed by atoms with E-state index in [4.69, 9.17) is 5.11 Å². The van der Waals surface area contributed by atoms with Crippen LogP contribution in [0.5, 0.6) is 0 Å². The van der Waals surface area contributed by atoms with E-state index in [0.29, 0.717) is 17.5 Å². The molecule has 16 heavy (non-hydrogen) atoms. The van der Waals surface area contributed by atoms with Gasteiger partial charge in [0.25, 0.3) is 0 Å².